The summed E-state index contributed by atoms with van der Waals surface area (Å²) in [5.41, 5.74) is 1.88. The lowest BCUT2D eigenvalue weighted by Gasteiger charge is -2.39. The molecule has 2 amide bonds. The van der Waals surface area contributed by atoms with Crippen molar-refractivity contribution < 1.29 is 53.5 Å². The van der Waals surface area contributed by atoms with E-state index in [1.54, 1.807) is 17.0 Å². The number of carboxylic acid groups (broad SMARTS) is 2. The van der Waals surface area contributed by atoms with Gasteiger partial charge in [0.1, 0.15) is 18.2 Å². The van der Waals surface area contributed by atoms with Crippen LogP contribution < -0.4 is 4.74 Å². The lowest BCUT2D eigenvalue weighted by Crippen LogP contribution is -2.48. The normalized spacial score (nSPS) is 17.9. The number of aliphatic hydroxyl groups excluding tert-OH is 2. The number of cyclic esters (lactones) is 1. The zero-order valence-electron chi connectivity index (χ0n) is 28.2. The Balaban J connectivity index is 0.000000565. The molecule has 2 fully saturated rings. The van der Waals surface area contributed by atoms with Crippen molar-refractivity contribution in [3.8, 4) is 5.75 Å². The number of ether oxygens (including phenoxy) is 2. The van der Waals surface area contributed by atoms with Crippen LogP contribution in [0, 0.1) is 11.7 Å². The summed E-state index contributed by atoms with van der Waals surface area (Å²) in [5.74, 6) is -2.47. The molecule has 2 aliphatic rings. The van der Waals surface area contributed by atoms with Crippen molar-refractivity contribution >= 4 is 23.9 Å². The summed E-state index contributed by atoms with van der Waals surface area (Å²) in [6, 6.07) is 14.5. The maximum absolute atomic E-state index is 13.6. The molecule has 4 N–H and O–H groups in total. The van der Waals surface area contributed by atoms with Crippen LogP contribution in [0.15, 0.2) is 48.5 Å². The molecule has 0 aliphatic carbocycles. The summed E-state index contributed by atoms with van der Waals surface area (Å²) in [5, 5.41) is 32.5. The van der Waals surface area contributed by atoms with Gasteiger partial charge in [-0.1, -0.05) is 38.1 Å². The van der Waals surface area contributed by atoms with E-state index in [4.69, 9.17) is 29.9 Å². The fourth-order valence-corrected chi connectivity index (χ4v) is 5.50. The number of hydrogen-bond acceptors (Lipinski definition) is 9. The van der Waals surface area contributed by atoms with Crippen LogP contribution in [0.5, 0.6) is 5.75 Å². The Bertz CT molecular complexity index is 1350. The number of carbonyl (C=O) groups is 4. The number of carbonyl (C=O) groups excluding carboxylic acids is 2. The van der Waals surface area contributed by atoms with Crippen molar-refractivity contribution in [2.45, 2.75) is 77.3 Å². The van der Waals surface area contributed by atoms with Crippen LogP contribution >= 0.6 is 0 Å². The van der Waals surface area contributed by atoms with Crippen molar-refractivity contribution in [2.75, 3.05) is 39.4 Å². The minimum absolute atomic E-state index is 0.0788. The zero-order chi connectivity index (χ0) is 36.1. The van der Waals surface area contributed by atoms with Crippen molar-refractivity contribution in [1.29, 1.82) is 0 Å². The van der Waals surface area contributed by atoms with Gasteiger partial charge in [0, 0.05) is 32.2 Å². The van der Waals surface area contributed by atoms with Gasteiger partial charge in [0.25, 0.3) is 0 Å². The van der Waals surface area contributed by atoms with Gasteiger partial charge in [0.15, 0.2) is 12.2 Å². The number of likely N-dealkylation sites (tertiary alicyclic amines) is 1. The lowest BCUT2D eigenvalue weighted by molar-refractivity contribution is -0.165. The highest BCUT2D eigenvalue weighted by Gasteiger charge is 2.31. The second-order valence-corrected chi connectivity index (χ2v) is 12.8. The number of piperidine rings is 1. The standard InChI is InChI=1S/C31H42FN3O4.C4H6O6/c1-23(2)21-38-29-11-7-25(8-12-29)19-30(36)35(20-26-5-9-27(32)10-6-26)28-13-17-33(18-14-28)15-4-16-34-24(3)22-39-31(34)37;5-1(3(7)8)2(6)4(9)10/h5-12,23-24,28H,4,13-22H2,1-3H3;1-2,5-6H,(H,7,8)(H,9,10). The van der Waals surface area contributed by atoms with Crippen LogP contribution in [-0.4, -0.2) is 123 Å². The number of hydrogen-bond donors (Lipinski definition) is 4. The molecule has 0 saturated carbocycles. The highest BCUT2D eigenvalue weighted by Crippen LogP contribution is 2.22. The first-order valence-corrected chi connectivity index (χ1v) is 16.5. The molecule has 2 heterocycles. The van der Waals surface area contributed by atoms with E-state index < -0.39 is 24.1 Å². The van der Waals surface area contributed by atoms with Gasteiger partial charge in [0.2, 0.25) is 5.91 Å². The van der Waals surface area contributed by atoms with Crippen LogP contribution in [-0.2, 0) is 32.1 Å². The van der Waals surface area contributed by atoms with Crippen LogP contribution in [0.1, 0.15) is 51.2 Å². The summed E-state index contributed by atoms with van der Waals surface area (Å²) in [4.78, 5) is 51.2. The van der Waals surface area contributed by atoms with Crippen molar-refractivity contribution in [1.82, 2.24) is 14.7 Å². The second-order valence-electron chi connectivity index (χ2n) is 12.8. The van der Waals surface area contributed by atoms with Gasteiger partial charge in [-0.3, -0.25) is 4.79 Å². The molecule has 0 spiro atoms. The van der Waals surface area contributed by atoms with Gasteiger partial charge in [0.05, 0.1) is 19.1 Å². The largest absolute Gasteiger partial charge is 0.493 e. The van der Waals surface area contributed by atoms with Crippen LogP contribution in [0.25, 0.3) is 0 Å². The molecule has 270 valence electrons. The quantitative estimate of drug-likeness (QED) is 0.216. The molecule has 2 aromatic rings. The van der Waals surface area contributed by atoms with Gasteiger partial charge in [-0.25, -0.2) is 18.8 Å². The number of rotatable bonds is 15. The fraction of sp³-hybridized carbons (Fsp3) is 0.543. The first-order valence-electron chi connectivity index (χ1n) is 16.5. The van der Waals surface area contributed by atoms with E-state index in [0.29, 0.717) is 38.6 Å². The molecule has 14 heteroatoms. The second kappa shape index (κ2) is 19.1. The van der Waals surface area contributed by atoms with Gasteiger partial charge >= 0.3 is 18.0 Å². The molecule has 2 aromatic carbocycles. The Morgan fingerprint density at radius 2 is 1.51 bits per heavy atom. The molecular formula is C35H48FN3O10. The molecule has 2 aliphatic heterocycles. The Morgan fingerprint density at radius 1 is 0.939 bits per heavy atom. The molecule has 0 aromatic heterocycles. The summed E-state index contributed by atoms with van der Waals surface area (Å²) < 4.78 is 24.4. The number of nitrogens with zero attached hydrogens (tertiary/aromatic N) is 3. The number of amides is 2. The molecule has 0 bridgehead atoms. The van der Waals surface area contributed by atoms with Crippen LogP contribution in [0.3, 0.4) is 0 Å². The number of aliphatic carboxylic acids is 2. The molecule has 0 radical (unpaired) electrons. The van der Waals surface area contributed by atoms with Gasteiger partial charge in [-0.2, -0.15) is 0 Å². The summed E-state index contributed by atoms with van der Waals surface area (Å²) >= 11 is 0. The predicted octanol–water partition coefficient (Wildman–Crippen LogP) is 3.00. The topological polar surface area (TPSA) is 177 Å². The van der Waals surface area contributed by atoms with E-state index in [1.165, 1.54) is 12.1 Å². The molecule has 13 nitrogen and oxygen atoms in total. The third-order valence-corrected chi connectivity index (χ3v) is 8.34. The third-order valence-electron chi connectivity index (χ3n) is 8.34. The summed E-state index contributed by atoms with van der Waals surface area (Å²) in [6.07, 6.45) is -1.76. The van der Waals surface area contributed by atoms with Gasteiger partial charge in [-0.15, -0.1) is 0 Å². The lowest BCUT2D eigenvalue weighted by atomic mass is 10.0. The maximum Gasteiger partial charge on any atom is 0.410 e. The average Bonchev–Trinajstić information content (AvgIpc) is 3.40. The number of aliphatic hydroxyl groups is 2. The third kappa shape index (κ3) is 12.6. The number of benzene rings is 2. The first-order chi connectivity index (χ1) is 23.2. The van der Waals surface area contributed by atoms with Crippen molar-refractivity contribution in [3.05, 3.63) is 65.5 Å². The smallest absolute Gasteiger partial charge is 0.410 e. The van der Waals surface area contributed by atoms with E-state index in [1.807, 2.05) is 36.1 Å². The minimum Gasteiger partial charge on any atom is -0.493 e. The van der Waals surface area contributed by atoms with Gasteiger partial charge in [-0.05, 0) is 74.0 Å². The molecule has 2 saturated heterocycles. The molecule has 3 atom stereocenters. The Labute approximate surface area is 285 Å². The highest BCUT2D eigenvalue weighted by atomic mass is 19.1. The molecular weight excluding hydrogens is 641 g/mol. The molecule has 4 rings (SSSR count). The first kappa shape index (κ1) is 39.2. The van der Waals surface area contributed by atoms with E-state index >= 15 is 0 Å². The molecule has 3 unspecified atom stereocenters. The van der Waals surface area contributed by atoms with Crippen LogP contribution in [0.2, 0.25) is 0 Å². The summed E-state index contributed by atoms with van der Waals surface area (Å²) in [7, 11) is 0. The van der Waals surface area contributed by atoms with Crippen molar-refractivity contribution in [3.63, 3.8) is 0 Å². The maximum atomic E-state index is 13.6. The number of halogens is 1. The Kier molecular flexibility index (Phi) is 15.2. The van der Waals surface area contributed by atoms with E-state index in [0.717, 1.165) is 55.8 Å². The van der Waals surface area contributed by atoms with Crippen molar-refractivity contribution in [2.24, 2.45) is 5.92 Å². The predicted molar refractivity (Wildman–Crippen MR) is 176 cm³/mol. The zero-order valence-corrected chi connectivity index (χ0v) is 28.2. The molecule has 49 heavy (non-hydrogen) atoms. The average molecular weight is 690 g/mol. The Hall–Kier alpha value is -4.27. The monoisotopic (exact) mass is 689 g/mol. The SMILES string of the molecule is CC(C)COc1ccc(CC(=O)N(Cc2ccc(F)cc2)C2CCN(CCCN3C(=O)OCC3C)CC2)cc1.O=C(O)C(O)C(O)C(=O)O. The van der Waals surface area contributed by atoms with Crippen LogP contribution in [0.4, 0.5) is 9.18 Å². The Morgan fingerprint density at radius 3 is 2.02 bits per heavy atom. The van der Waals surface area contributed by atoms with E-state index in [9.17, 15) is 23.6 Å². The fourth-order valence-electron chi connectivity index (χ4n) is 5.50. The highest BCUT2D eigenvalue weighted by molar-refractivity contribution is 5.83. The van der Waals surface area contributed by atoms with E-state index in [-0.39, 0.29) is 29.9 Å². The van der Waals surface area contributed by atoms with Gasteiger partial charge < -0.3 is 44.6 Å². The van der Waals surface area contributed by atoms with E-state index in [2.05, 4.69) is 18.7 Å². The number of carboxylic acids is 2. The summed E-state index contributed by atoms with van der Waals surface area (Å²) in [6.45, 7) is 11.3. The minimum atomic E-state index is -2.27.